The van der Waals surface area contributed by atoms with E-state index in [2.05, 4.69) is 69.4 Å². The third-order valence-corrected chi connectivity index (χ3v) is 8.58. The Morgan fingerprint density at radius 1 is 0.529 bits per heavy atom. The van der Waals surface area contributed by atoms with Crippen LogP contribution in [0.25, 0.3) is 0 Å². The smallest absolute Gasteiger partial charge is 0.305 e. The zero-order chi connectivity index (χ0) is 37.3. The third-order valence-electron chi connectivity index (χ3n) is 8.58. The summed E-state index contributed by atoms with van der Waals surface area (Å²) in [6, 6.07) is 0. The summed E-state index contributed by atoms with van der Waals surface area (Å²) in [5.74, 6) is -1.07. The molecule has 0 aliphatic rings. The molecule has 0 saturated carbocycles. The van der Waals surface area contributed by atoms with Crippen LogP contribution in [0.15, 0.2) is 48.6 Å². The molecule has 0 saturated heterocycles. The van der Waals surface area contributed by atoms with Crippen molar-refractivity contribution in [3.8, 4) is 0 Å². The van der Waals surface area contributed by atoms with Crippen molar-refractivity contribution in [1.82, 2.24) is 0 Å². The van der Waals surface area contributed by atoms with Crippen LogP contribution in [0.2, 0.25) is 0 Å². The van der Waals surface area contributed by atoms with E-state index in [9.17, 15) is 14.7 Å². The first kappa shape index (κ1) is 48.8. The zero-order valence-corrected chi connectivity index (χ0v) is 33.2. The third kappa shape index (κ3) is 37.3. The van der Waals surface area contributed by atoms with Crippen LogP contribution >= 0.6 is 0 Å². The van der Waals surface area contributed by atoms with Gasteiger partial charge in [0.25, 0.3) is 0 Å². The number of carbonyl (C=O) groups excluding carboxylic acids is 2. The van der Waals surface area contributed by atoms with Crippen molar-refractivity contribution < 1.29 is 33.6 Å². The molecule has 7 heteroatoms. The van der Waals surface area contributed by atoms with Gasteiger partial charge in [-0.05, 0) is 89.9 Å². The standard InChI is InChI=1S/C44H78O7/c1-4-7-10-13-16-17-18-19-20-21-22-23-24-27-30-33-42(46)50-39-41(38-45)40-51-43(47)34-35-44(48-36-31-28-25-14-11-8-5-2)49-37-32-29-26-15-12-9-6-3/h8-9,11-12,16-17,19-20,41,44-45H,4-7,10,13-15,18,21-40H2,1-3H3/b11-8-,12-9-,17-16-,20-19-. The quantitative estimate of drug-likeness (QED) is 0.0294. The Bertz CT molecular complexity index is 853. The van der Waals surface area contributed by atoms with E-state index in [4.69, 9.17) is 18.9 Å². The molecule has 7 nitrogen and oxygen atoms in total. The van der Waals surface area contributed by atoms with Gasteiger partial charge in [-0.15, -0.1) is 0 Å². The van der Waals surface area contributed by atoms with E-state index in [1.165, 1.54) is 32.1 Å². The molecule has 0 radical (unpaired) electrons. The summed E-state index contributed by atoms with van der Waals surface area (Å²) in [4.78, 5) is 24.8. The molecule has 0 aliphatic carbocycles. The highest BCUT2D eigenvalue weighted by molar-refractivity contribution is 5.69. The molecule has 0 rings (SSSR count). The summed E-state index contributed by atoms with van der Waals surface area (Å²) in [6.07, 6.45) is 41.7. The molecule has 0 spiro atoms. The Kier molecular flexibility index (Phi) is 38.8. The maximum Gasteiger partial charge on any atom is 0.305 e. The summed E-state index contributed by atoms with van der Waals surface area (Å²) in [7, 11) is 0. The van der Waals surface area contributed by atoms with E-state index in [0.717, 1.165) is 103 Å². The second kappa shape index (κ2) is 40.5. The average molecular weight is 719 g/mol. The normalized spacial score (nSPS) is 12.7. The molecule has 51 heavy (non-hydrogen) atoms. The molecular weight excluding hydrogens is 640 g/mol. The molecule has 0 heterocycles. The molecule has 0 bridgehead atoms. The largest absolute Gasteiger partial charge is 0.465 e. The highest BCUT2D eigenvalue weighted by Crippen LogP contribution is 2.13. The lowest BCUT2D eigenvalue weighted by Crippen LogP contribution is -2.25. The van der Waals surface area contributed by atoms with Gasteiger partial charge in [0, 0.05) is 26.1 Å². The topological polar surface area (TPSA) is 91.3 Å². The maximum atomic E-state index is 12.5. The number of unbranched alkanes of at least 4 members (excludes halogenated alkanes) is 14. The van der Waals surface area contributed by atoms with Crippen LogP contribution in [-0.2, 0) is 28.5 Å². The number of hydrogen-bond acceptors (Lipinski definition) is 7. The van der Waals surface area contributed by atoms with Gasteiger partial charge in [0.2, 0.25) is 0 Å². The van der Waals surface area contributed by atoms with Gasteiger partial charge in [0.05, 0.1) is 32.2 Å². The average Bonchev–Trinajstić information content (AvgIpc) is 3.14. The summed E-state index contributed by atoms with van der Waals surface area (Å²) >= 11 is 0. The molecule has 296 valence electrons. The summed E-state index contributed by atoms with van der Waals surface area (Å²) in [5, 5.41) is 9.75. The summed E-state index contributed by atoms with van der Waals surface area (Å²) in [5.41, 5.74) is 0. The molecule has 1 N–H and O–H groups in total. The molecule has 0 aromatic carbocycles. The van der Waals surface area contributed by atoms with Crippen LogP contribution in [0.5, 0.6) is 0 Å². The number of hydrogen-bond donors (Lipinski definition) is 1. The lowest BCUT2D eigenvalue weighted by atomic mass is 10.1. The van der Waals surface area contributed by atoms with Crippen molar-refractivity contribution in [2.45, 2.75) is 181 Å². The Morgan fingerprint density at radius 2 is 0.980 bits per heavy atom. The van der Waals surface area contributed by atoms with Gasteiger partial charge in [-0.25, -0.2) is 0 Å². The van der Waals surface area contributed by atoms with Crippen LogP contribution in [-0.4, -0.2) is 56.4 Å². The Morgan fingerprint density at radius 3 is 1.49 bits per heavy atom. The first-order chi connectivity index (χ1) is 25.1. The first-order valence-corrected chi connectivity index (χ1v) is 20.8. The van der Waals surface area contributed by atoms with Gasteiger partial charge >= 0.3 is 11.9 Å². The molecule has 1 unspecified atom stereocenters. The molecule has 0 aromatic rings. The molecule has 1 atom stereocenters. The lowest BCUT2D eigenvalue weighted by molar-refractivity contribution is -0.161. The Balaban J connectivity index is 4.18. The SMILES string of the molecule is CC/C=C\CCCCCOC(CCC(=O)OCC(CO)COC(=O)CCCCCCC/C=C\C/C=C\CCCCC)OCCCCC/C=C\CC. The van der Waals surface area contributed by atoms with E-state index >= 15 is 0 Å². The fraction of sp³-hybridized carbons (Fsp3) is 0.773. The van der Waals surface area contributed by atoms with Crippen LogP contribution < -0.4 is 0 Å². The van der Waals surface area contributed by atoms with E-state index < -0.39 is 12.2 Å². The minimum absolute atomic E-state index is 0.0115. The predicted molar refractivity (Wildman–Crippen MR) is 213 cm³/mol. The minimum Gasteiger partial charge on any atom is -0.465 e. The van der Waals surface area contributed by atoms with Crippen LogP contribution in [0.4, 0.5) is 0 Å². The molecule has 0 aromatic heterocycles. The number of allylic oxidation sites excluding steroid dienone is 8. The van der Waals surface area contributed by atoms with Gasteiger partial charge in [-0.2, -0.15) is 0 Å². The van der Waals surface area contributed by atoms with Gasteiger partial charge in [-0.1, -0.05) is 114 Å². The van der Waals surface area contributed by atoms with Crippen LogP contribution in [0, 0.1) is 5.92 Å². The highest BCUT2D eigenvalue weighted by atomic mass is 16.7. The van der Waals surface area contributed by atoms with Crippen molar-refractivity contribution in [2.75, 3.05) is 33.0 Å². The fourth-order valence-corrected chi connectivity index (χ4v) is 5.33. The molecule has 0 aliphatic heterocycles. The fourth-order valence-electron chi connectivity index (χ4n) is 5.33. The summed E-state index contributed by atoms with van der Waals surface area (Å²) in [6.45, 7) is 7.56. The zero-order valence-electron chi connectivity index (χ0n) is 33.2. The van der Waals surface area contributed by atoms with Crippen molar-refractivity contribution in [1.29, 1.82) is 0 Å². The van der Waals surface area contributed by atoms with Crippen molar-refractivity contribution in [3.05, 3.63) is 48.6 Å². The second-order valence-corrected chi connectivity index (χ2v) is 13.6. The van der Waals surface area contributed by atoms with Crippen LogP contribution in [0.1, 0.15) is 175 Å². The van der Waals surface area contributed by atoms with Crippen molar-refractivity contribution >= 4 is 11.9 Å². The van der Waals surface area contributed by atoms with E-state index in [1.807, 2.05) is 0 Å². The molecule has 0 amide bonds. The van der Waals surface area contributed by atoms with Gasteiger partial charge in [0.15, 0.2) is 6.29 Å². The van der Waals surface area contributed by atoms with E-state index in [1.54, 1.807) is 0 Å². The Labute approximate surface area is 313 Å². The highest BCUT2D eigenvalue weighted by Gasteiger charge is 2.17. The van der Waals surface area contributed by atoms with Gasteiger partial charge in [0.1, 0.15) is 0 Å². The first-order valence-electron chi connectivity index (χ1n) is 20.8. The number of ether oxygens (including phenoxy) is 4. The number of carbonyl (C=O) groups is 2. The van der Waals surface area contributed by atoms with Gasteiger partial charge < -0.3 is 24.1 Å². The monoisotopic (exact) mass is 719 g/mol. The maximum absolute atomic E-state index is 12.5. The minimum atomic E-state index is -0.443. The second-order valence-electron chi connectivity index (χ2n) is 13.6. The van der Waals surface area contributed by atoms with Gasteiger partial charge in [-0.3, -0.25) is 9.59 Å². The number of rotatable bonds is 38. The van der Waals surface area contributed by atoms with Crippen LogP contribution in [0.3, 0.4) is 0 Å². The molecule has 0 fully saturated rings. The molecular formula is C44H78O7. The predicted octanol–water partition coefficient (Wildman–Crippen LogP) is 11.7. The summed E-state index contributed by atoms with van der Waals surface area (Å²) < 4.78 is 22.8. The van der Waals surface area contributed by atoms with E-state index in [-0.39, 0.29) is 38.2 Å². The van der Waals surface area contributed by atoms with Crippen molar-refractivity contribution in [2.24, 2.45) is 5.92 Å². The van der Waals surface area contributed by atoms with Crippen molar-refractivity contribution in [3.63, 3.8) is 0 Å². The number of esters is 2. The Hall–Kier alpha value is -2.22. The van der Waals surface area contributed by atoms with E-state index in [0.29, 0.717) is 26.1 Å². The lowest BCUT2D eigenvalue weighted by Gasteiger charge is -2.19. The number of aliphatic hydroxyl groups is 1. The number of aliphatic hydroxyl groups excluding tert-OH is 1.